The lowest BCUT2D eigenvalue weighted by molar-refractivity contribution is 0.717. The number of benzene rings is 1. The molecule has 0 atom stereocenters. The van der Waals surface area contributed by atoms with Gasteiger partial charge in [-0.2, -0.15) is 0 Å². The van der Waals surface area contributed by atoms with Crippen molar-refractivity contribution < 1.29 is 0 Å². The van der Waals surface area contributed by atoms with Crippen LogP contribution in [0.5, 0.6) is 0 Å². The van der Waals surface area contributed by atoms with Gasteiger partial charge in [0.15, 0.2) is 0 Å². The Morgan fingerprint density at radius 1 is 1.06 bits per heavy atom. The topological polar surface area (TPSA) is 12.9 Å². The van der Waals surface area contributed by atoms with E-state index in [0.717, 1.165) is 12.1 Å². The lowest BCUT2D eigenvalue weighted by Gasteiger charge is -2.07. The first-order chi connectivity index (χ1) is 8.81. The molecule has 0 radical (unpaired) electrons. The maximum absolute atomic E-state index is 4.50. The van der Waals surface area contributed by atoms with Crippen molar-refractivity contribution in [2.75, 3.05) is 0 Å². The molecule has 1 nitrogen and oxygen atoms in total. The number of aryl methyl sites for hydroxylation is 2. The van der Waals surface area contributed by atoms with E-state index in [1.54, 1.807) is 0 Å². The fourth-order valence-corrected chi connectivity index (χ4v) is 2.22. The second-order valence-corrected chi connectivity index (χ2v) is 4.82. The summed E-state index contributed by atoms with van der Waals surface area (Å²) in [6.07, 6.45) is 6.95. The molecule has 0 fully saturated rings. The van der Waals surface area contributed by atoms with Gasteiger partial charge in [-0.25, -0.2) is 0 Å². The molecule has 94 valence electrons. The highest BCUT2D eigenvalue weighted by atomic mass is 14.7. The first-order valence-corrected chi connectivity index (χ1v) is 6.82. The Bertz CT molecular complexity index is 502. The van der Waals surface area contributed by atoms with Gasteiger partial charge in [0.1, 0.15) is 0 Å². The van der Waals surface area contributed by atoms with Gasteiger partial charge in [-0.15, -0.1) is 0 Å². The van der Waals surface area contributed by atoms with Crippen LogP contribution in [0.15, 0.2) is 42.6 Å². The number of nitrogens with zero attached hydrogens (tertiary/aromatic N) is 1. The smallest absolute Gasteiger partial charge is 0.0707 e. The van der Waals surface area contributed by atoms with Crippen LogP contribution in [0, 0.1) is 6.92 Å². The number of rotatable bonds is 5. The molecule has 0 amide bonds. The fourth-order valence-electron chi connectivity index (χ4n) is 2.22. The van der Waals surface area contributed by atoms with Crippen molar-refractivity contribution in [3.63, 3.8) is 0 Å². The first kappa shape index (κ1) is 12.8. The number of hydrogen-bond donors (Lipinski definition) is 0. The van der Waals surface area contributed by atoms with Crippen LogP contribution in [0.4, 0.5) is 0 Å². The SMILES string of the molecule is CCCCCc1ccnc(-c2ccccc2C)c1. The van der Waals surface area contributed by atoms with Gasteiger partial charge >= 0.3 is 0 Å². The Hall–Kier alpha value is -1.63. The van der Waals surface area contributed by atoms with Crippen LogP contribution in [-0.4, -0.2) is 4.98 Å². The number of aromatic nitrogens is 1. The normalized spacial score (nSPS) is 10.6. The van der Waals surface area contributed by atoms with Crippen molar-refractivity contribution in [1.82, 2.24) is 4.98 Å². The molecule has 2 rings (SSSR count). The molecule has 1 aromatic carbocycles. The molecule has 18 heavy (non-hydrogen) atoms. The molecule has 1 heteroatoms. The number of hydrogen-bond acceptors (Lipinski definition) is 1. The zero-order chi connectivity index (χ0) is 12.8. The van der Waals surface area contributed by atoms with Crippen LogP contribution in [0.1, 0.15) is 37.3 Å². The average Bonchev–Trinajstić information content (AvgIpc) is 2.40. The van der Waals surface area contributed by atoms with Gasteiger partial charge in [0, 0.05) is 11.8 Å². The minimum Gasteiger partial charge on any atom is -0.256 e. The summed E-state index contributed by atoms with van der Waals surface area (Å²) in [6.45, 7) is 4.38. The monoisotopic (exact) mass is 239 g/mol. The van der Waals surface area contributed by atoms with E-state index in [0.29, 0.717) is 0 Å². The zero-order valence-corrected chi connectivity index (χ0v) is 11.3. The molecule has 0 saturated carbocycles. The van der Waals surface area contributed by atoms with Gasteiger partial charge in [-0.1, -0.05) is 44.0 Å². The van der Waals surface area contributed by atoms with Crippen molar-refractivity contribution in [2.24, 2.45) is 0 Å². The predicted molar refractivity (Wildman–Crippen MR) is 77.6 cm³/mol. The molecule has 1 heterocycles. The van der Waals surface area contributed by atoms with Crippen LogP contribution in [0.3, 0.4) is 0 Å². The molecule has 0 aliphatic rings. The molecule has 0 unspecified atom stereocenters. The third-order valence-corrected chi connectivity index (χ3v) is 3.31. The minimum atomic E-state index is 1.10. The molecule has 0 spiro atoms. The van der Waals surface area contributed by atoms with Gasteiger partial charge in [0.25, 0.3) is 0 Å². The van der Waals surface area contributed by atoms with Crippen LogP contribution in [0.2, 0.25) is 0 Å². The van der Waals surface area contributed by atoms with E-state index in [1.165, 1.54) is 36.0 Å². The molecular weight excluding hydrogens is 218 g/mol. The van der Waals surface area contributed by atoms with Gasteiger partial charge in [-0.3, -0.25) is 4.98 Å². The van der Waals surface area contributed by atoms with Crippen LogP contribution >= 0.6 is 0 Å². The summed E-state index contributed by atoms with van der Waals surface area (Å²) < 4.78 is 0. The second kappa shape index (κ2) is 6.34. The van der Waals surface area contributed by atoms with Gasteiger partial charge < -0.3 is 0 Å². The summed E-state index contributed by atoms with van der Waals surface area (Å²) >= 11 is 0. The summed E-state index contributed by atoms with van der Waals surface area (Å²) in [6, 6.07) is 12.8. The van der Waals surface area contributed by atoms with Crippen molar-refractivity contribution in [3.05, 3.63) is 53.7 Å². The lowest BCUT2D eigenvalue weighted by atomic mass is 10.0. The van der Waals surface area contributed by atoms with E-state index in [9.17, 15) is 0 Å². The van der Waals surface area contributed by atoms with E-state index >= 15 is 0 Å². The quantitative estimate of drug-likeness (QED) is 0.684. The second-order valence-electron chi connectivity index (χ2n) is 4.82. The summed E-state index contributed by atoms with van der Waals surface area (Å²) in [7, 11) is 0. The highest BCUT2D eigenvalue weighted by molar-refractivity contribution is 5.63. The molecule has 1 aromatic heterocycles. The maximum atomic E-state index is 4.50. The van der Waals surface area contributed by atoms with E-state index in [4.69, 9.17) is 0 Å². The van der Waals surface area contributed by atoms with Crippen molar-refractivity contribution >= 4 is 0 Å². The molecule has 0 saturated heterocycles. The Kier molecular flexibility index (Phi) is 4.52. The van der Waals surface area contributed by atoms with Gasteiger partial charge in [-0.05, 0) is 43.0 Å². The summed E-state index contributed by atoms with van der Waals surface area (Å²) in [5.74, 6) is 0. The Morgan fingerprint density at radius 3 is 2.67 bits per heavy atom. The Labute approximate surface area is 110 Å². The Morgan fingerprint density at radius 2 is 1.89 bits per heavy atom. The summed E-state index contributed by atoms with van der Waals surface area (Å²) in [5.41, 5.74) is 5.03. The van der Waals surface area contributed by atoms with Crippen molar-refractivity contribution in [3.8, 4) is 11.3 Å². The van der Waals surface area contributed by atoms with Crippen LogP contribution < -0.4 is 0 Å². The molecule has 0 aliphatic carbocycles. The summed E-state index contributed by atoms with van der Waals surface area (Å²) in [5, 5.41) is 0. The molecule has 0 N–H and O–H groups in total. The number of pyridine rings is 1. The predicted octanol–water partition coefficient (Wildman–Crippen LogP) is 4.79. The van der Waals surface area contributed by atoms with Crippen LogP contribution in [-0.2, 0) is 6.42 Å². The fraction of sp³-hybridized carbons (Fsp3) is 0.353. The summed E-state index contributed by atoms with van der Waals surface area (Å²) in [4.78, 5) is 4.50. The van der Waals surface area contributed by atoms with Crippen molar-refractivity contribution in [1.29, 1.82) is 0 Å². The van der Waals surface area contributed by atoms with E-state index in [-0.39, 0.29) is 0 Å². The van der Waals surface area contributed by atoms with Gasteiger partial charge in [0.2, 0.25) is 0 Å². The largest absolute Gasteiger partial charge is 0.256 e. The first-order valence-electron chi connectivity index (χ1n) is 6.82. The van der Waals surface area contributed by atoms with Crippen molar-refractivity contribution in [2.45, 2.75) is 39.5 Å². The highest BCUT2D eigenvalue weighted by Gasteiger charge is 2.03. The maximum Gasteiger partial charge on any atom is 0.0707 e. The third kappa shape index (κ3) is 3.19. The molecular formula is C17H21N. The van der Waals surface area contributed by atoms with Crippen LogP contribution in [0.25, 0.3) is 11.3 Å². The average molecular weight is 239 g/mol. The number of unbranched alkanes of at least 4 members (excludes halogenated alkanes) is 2. The third-order valence-electron chi connectivity index (χ3n) is 3.31. The minimum absolute atomic E-state index is 1.10. The zero-order valence-electron chi connectivity index (χ0n) is 11.3. The molecule has 0 bridgehead atoms. The molecule has 0 aliphatic heterocycles. The standard InChI is InChI=1S/C17H21N/c1-3-4-5-9-15-11-12-18-17(13-15)16-10-7-6-8-14(16)2/h6-8,10-13H,3-5,9H2,1-2H3. The highest BCUT2D eigenvalue weighted by Crippen LogP contribution is 2.22. The molecule has 2 aromatic rings. The van der Waals surface area contributed by atoms with E-state index in [2.05, 4.69) is 55.2 Å². The van der Waals surface area contributed by atoms with E-state index in [1.807, 2.05) is 6.20 Å². The lowest BCUT2D eigenvalue weighted by Crippen LogP contribution is -1.91. The van der Waals surface area contributed by atoms with E-state index < -0.39 is 0 Å². The van der Waals surface area contributed by atoms with Gasteiger partial charge in [0.05, 0.1) is 5.69 Å². The Balaban J connectivity index is 2.19.